The molecule has 5 nitrogen and oxygen atoms in total. The van der Waals surface area contributed by atoms with E-state index in [9.17, 15) is 4.79 Å². The zero-order valence-electron chi connectivity index (χ0n) is 13.8. The van der Waals surface area contributed by atoms with Gasteiger partial charge < -0.3 is 20.1 Å². The molecule has 0 radical (unpaired) electrons. The third-order valence-electron chi connectivity index (χ3n) is 3.62. The first-order valence-electron chi connectivity index (χ1n) is 7.74. The van der Waals surface area contributed by atoms with E-state index in [-0.39, 0.29) is 18.2 Å². The molecule has 22 heavy (non-hydrogen) atoms. The Morgan fingerprint density at radius 1 is 1.36 bits per heavy atom. The van der Waals surface area contributed by atoms with E-state index in [1.807, 2.05) is 39.0 Å². The van der Waals surface area contributed by atoms with E-state index in [1.54, 1.807) is 7.11 Å². The summed E-state index contributed by atoms with van der Waals surface area (Å²) in [7, 11) is 1.67. The topological polar surface area (TPSA) is 59.6 Å². The largest absolute Gasteiger partial charge is 0.497 e. The molecule has 1 aromatic carbocycles. The number of carbonyl (C=O) groups excluding carboxylic acids is 1. The van der Waals surface area contributed by atoms with E-state index in [2.05, 4.69) is 16.7 Å². The summed E-state index contributed by atoms with van der Waals surface area (Å²) >= 11 is 0. The quantitative estimate of drug-likeness (QED) is 0.901. The highest BCUT2D eigenvalue weighted by Crippen LogP contribution is 2.26. The molecule has 1 saturated heterocycles. The minimum atomic E-state index is -0.469. The van der Waals surface area contributed by atoms with Gasteiger partial charge in [-0.25, -0.2) is 4.79 Å². The van der Waals surface area contributed by atoms with Crippen LogP contribution in [-0.2, 0) is 4.74 Å². The minimum Gasteiger partial charge on any atom is -0.497 e. The molecule has 0 aliphatic carbocycles. The van der Waals surface area contributed by atoms with E-state index in [4.69, 9.17) is 9.47 Å². The Morgan fingerprint density at radius 3 is 2.82 bits per heavy atom. The van der Waals surface area contributed by atoms with Gasteiger partial charge in [-0.3, -0.25) is 0 Å². The van der Waals surface area contributed by atoms with E-state index < -0.39 is 5.60 Å². The zero-order valence-corrected chi connectivity index (χ0v) is 13.8. The molecule has 1 fully saturated rings. The minimum absolute atomic E-state index is 0.118. The SMILES string of the molecule is COc1cccc(C2CC(NC(=O)OC(C)(C)C)CCN2)c1. The molecule has 0 aromatic heterocycles. The number of benzene rings is 1. The highest BCUT2D eigenvalue weighted by Gasteiger charge is 2.26. The van der Waals surface area contributed by atoms with Crippen LogP contribution < -0.4 is 15.4 Å². The Balaban J connectivity index is 1.95. The summed E-state index contributed by atoms with van der Waals surface area (Å²) in [6.45, 7) is 6.47. The summed E-state index contributed by atoms with van der Waals surface area (Å²) in [4.78, 5) is 11.9. The molecular formula is C17H26N2O3. The monoisotopic (exact) mass is 306 g/mol. The maximum Gasteiger partial charge on any atom is 0.407 e. The summed E-state index contributed by atoms with van der Waals surface area (Å²) in [5.41, 5.74) is 0.707. The highest BCUT2D eigenvalue weighted by atomic mass is 16.6. The van der Waals surface area contributed by atoms with Gasteiger partial charge in [0.25, 0.3) is 0 Å². The molecule has 1 aliphatic rings. The number of rotatable bonds is 3. The van der Waals surface area contributed by atoms with Crippen LogP contribution >= 0.6 is 0 Å². The van der Waals surface area contributed by atoms with Crippen molar-refractivity contribution in [2.45, 2.75) is 51.3 Å². The van der Waals surface area contributed by atoms with Crippen molar-refractivity contribution < 1.29 is 14.3 Å². The summed E-state index contributed by atoms with van der Waals surface area (Å²) in [5.74, 6) is 0.849. The van der Waals surface area contributed by atoms with Crippen LogP contribution in [0.15, 0.2) is 24.3 Å². The second-order valence-corrected chi connectivity index (χ2v) is 6.65. The maximum absolute atomic E-state index is 11.9. The molecule has 2 unspecified atom stereocenters. The third kappa shape index (κ3) is 4.91. The molecule has 2 rings (SSSR count). The predicted octanol–water partition coefficient (Wildman–Crippen LogP) is 3.01. The second-order valence-electron chi connectivity index (χ2n) is 6.65. The van der Waals surface area contributed by atoms with Gasteiger partial charge in [-0.2, -0.15) is 0 Å². The molecule has 2 atom stereocenters. The van der Waals surface area contributed by atoms with Gasteiger partial charge >= 0.3 is 6.09 Å². The summed E-state index contributed by atoms with van der Waals surface area (Å²) < 4.78 is 10.6. The molecular weight excluding hydrogens is 280 g/mol. The first-order valence-corrected chi connectivity index (χ1v) is 7.74. The normalized spacial score (nSPS) is 22.0. The molecule has 2 N–H and O–H groups in total. The molecule has 0 spiro atoms. The van der Waals surface area contributed by atoms with Gasteiger partial charge in [0.15, 0.2) is 0 Å². The number of alkyl carbamates (subject to hydrolysis) is 1. The van der Waals surface area contributed by atoms with Gasteiger partial charge in [-0.05, 0) is 57.9 Å². The molecule has 0 saturated carbocycles. The van der Waals surface area contributed by atoms with Crippen molar-refractivity contribution in [3.63, 3.8) is 0 Å². The van der Waals surface area contributed by atoms with E-state index >= 15 is 0 Å². The molecule has 1 aromatic rings. The van der Waals surface area contributed by atoms with Crippen LogP contribution in [0.4, 0.5) is 4.79 Å². The summed E-state index contributed by atoms with van der Waals surface area (Å²) in [5, 5.41) is 6.46. The number of amides is 1. The lowest BCUT2D eigenvalue weighted by Crippen LogP contribution is -2.45. The fourth-order valence-electron chi connectivity index (χ4n) is 2.64. The molecule has 5 heteroatoms. The van der Waals surface area contributed by atoms with E-state index in [0.29, 0.717) is 0 Å². The average Bonchev–Trinajstić information content (AvgIpc) is 2.45. The Labute approximate surface area is 132 Å². The van der Waals surface area contributed by atoms with Crippen LogP contribution in [0.25, 0.3) is 0 Å². The fourth-order valence-corrected chi connectivity index (χ4v) is 2.64. The van der Waals surface area contributed by atoms with Crippen LogP contribution in [0.2, 0.25) is 0 Å². The lowest BCUT2D eigenvalue weighted by molar-refractivity contribution is 0.0490. The van der Waals surface area contributed by atoms with Crippen molar-refractivity contribution >= 4 is 6.09 Å². The number of hydrogen-bond donors (Lipinski definition) is 2. The maximum atomic E-state index is 11.9. The van der Waals surface area contributed by atoms with Crippen LogP contribution in [-0.4, -0.2) is 31.4 Å². The standard InChI is InChI=1S/C17H26N2O3/c1-17(2,3)22-16(20)19-13-8-9-18-15(11-13)12-6-5-7-14(10-12)21-4/h5-7,10,13,15,18H,8-9,11H2,1-4H3,(H,19,20). The van der Waals surface area contributed by atoms with Crippen LogP contribution in [0.1, 0.15) is 45.2 Å². The fraction of sp³-hybridized carbons (Fsp3) is 0.588. The van der Waals surface area contributed by atoms with Crippen LogP contribution in [0.5, 0.6) is 5.75 Å². The predicted molar refractivity (Wildman–Crippen MR) is 86.1 cm³/mol. The number of methoxy groups -OCH3 is 1. The highest BCUT2D eigenvalue weighted by molar-refractivity contribution is 5.68. The molecule has 1 heterocycles. The first kappa shape index (κ1) is 16.6. The van der Waals surface area contributed by atoms with Crippen LogP contribution in [0, 0.1) is 0 Å². The number of piperidine rings is 1. The molecule has 122 valence electrons. The van der Waals surface area contributed by atoms with E-state index in [0.717, 1.165) is 25.1 Å². The smallest absolute Gasteiger partial charge is 0.407 e. The van der Waals surface area contributed by atoms with Gasteiger partial charge in [0.2, 0.25) is 0 Å². The van der Waals surface area contributed by atoms with Crippen molar-refractivity contribution in [3.8, 4) is 5.75 Å². The summed E-state index contributed by atoms with van der Waals surface area (Å²) in [6, 6.07) is 8.36. The van der Waals surface area contributed by atoms with Gasteiger partial charge in [0.05, 0.1) is 7.11 Å². The lowest BCUT2D eigenvalue weighted by atomic mass is 9.94. The van der Waals surface area contributed by atoms with Gasteiger partial charge in [-0.15, -0.1) is 0 Å². The van der Waals surface area contributed by atoms with Crippen molar-refractivity contribution in [3.05, 3.63) is 29.8 Å². The number of ether oxygens (including phenoxy) is 2. The summed E-state index contributed by atoms with van der Waals surface area (Å²) in [6.07, 6.45) is 1.40. The van der Waals surface area contributed by atoms with Crippen molar-refractivity contribution in [2.75, 3.05) is 13.7 Å². The van der Waals surface area contributed by atoms with Crippen LogP contribution in [0.3, 0.4) is 0 Å². The number of hydrogen-bond acceptors (Lipinski definition) is 4. The number of carbonyl (C=O) groups is 1. The molecule has 1 aliphatic heterocycles. The Bertz CT molecular complexity index is 511. The van der Waals surface area contributed by atoms with Gasteiger partial charge in [0.1, 0.15) is 11.4 Å². The Kier molecular flexibility index (Phi) is 5.29. The lowest BCUT2D eigenvalue weighted by Gasteiger charge is -2.32. The Morgan fingerprint density at radius 2 is 2.14 bits per heavy atom. The third-order valence-corrected chi connectivity index (χ3v) is 3.62. The van der Waals surface area contributed by atoms with Crippen molar-refractivity contribution in [1.82, 2.24) is 10.6 Å². The Hall–Kier alpha value is -1.75. The van der Waals surface area contributed by atoms with Gasteiger partial charge in [-0.1, -0.05) is 12.1 Å². The molecule has 0 bridgehead atoms. The average molecular weight is 306 g/mol. The van der Waals surface area contributed by atoms with Gasteiger partial charge in [0, 0.05) is 12.1 Å². The van der Waals surface area contributed by atoms with E-state index in [1.165, 1.54) is 5.56 Å². The molecule has 1 amide bonds. The first-order chi connectivity index (χ1) is 10.4. The zero-order chi connectivity index (χ0) is 16.2. The van der Waals surface area contributed by atoms with Crippen molar-refractivity contribution in [2.24, 2.45) is 0 Å². The second kappa shape index (κ2) is 7.01. The number of nitrogens with one attached hydrogen (secondary N) is 2. The van der Waals surface area contributed by atoms with Crippen molar-refractivity contribution in [1.29, 1.82) is 0 Å².